The molecule has 1 saturated heterocycles. The highest BCUT2D eigenvalue weighted by Crippen LogP contribution is 2.28. The van der Waals surface area contributed by atoms with Gasteiger partial charge in [0.15, 0.2) is 12.0 Å². The van der Waals surface area contributed by atoms with E-state index < -0.39 is 36.3 Å². The number of carboxylic acid groups (broad SMARTS) is 1. The molecule has 0 radical (unpaired) electrons. The zero-order chi connectivity index (χ0) is 36.8. The molecule has 4 heterocycles. The van der Waals surface area contributed by atoms with Crippen LogP contribution < -0.4 is 10.2 Å². The van der Waals surface area contributed by atoms with Gasteiger partial charge >= 0.3 is 18.2 Å². The summed E-state index contributed by atoms with van der Waals surface area (Å²) in [4.78, 5) is 45.9. The molecule has 5 rings (SSSR count). The van der Waals surface area contributed by atoms with Gasteiger partial charge in [0.1, 0.15) is 24.2 Å². The molecule has 3 aromatic heterocycles. The number of carbonyl (C=O) groups excluding carboxylic acids is 2. The highest BCUT2D eigenvalue weighted by Gasteiger charge is 2.37. The topological polar surface area (TPSA) is 171 Å². The predicted molar refractivity (Wildman–Crippen MR) is 176 cm³/mol. The molecule has 1 aliphatic heterocycles. The Morgan fingerprint density at radius 2 is 1.88 bits per heavy atom. The molecule has 1 atom stereocenters. The van der Waals surface area contributed by atoms with Crippen LogP contribution in [0.5, 0.6) is 0 Å². The lowest BCUT2D eigenvalue weighted by atomic mass is 10.2. The van der Waals surface area contributed by atoms with E-state index in [9.17, 15) is 32.7 Å². The van der Waals surface area contributed by atoms with E-state index in [1.165, 1.54) is 55.9 Å². The highest BCUT2D eigenvalue weighted by molar-refractivity contribution is 6.03. The van der Waals surface area contributed by atoms with E-state index in [0.717, 1.165) is 25.5 Å². The van der Waals surface area contributed by atoms with Crippen molar-refractivity contribution in [1.82, 2.24) is 19.7 Å². The first-order valence-corrected chi connectivity index (χ1v) is 16.1. The number of pyridine rings is 1. The van der Waals surface area contributed by atoms with Gasteiger partial charge < -0.3 is 29.1 Å². The van der Waals surface area contributed by atoms with E-state index in [1.54, 1.807) is 18.3 Å². The van der Waals surface area contributed by atoms with Gasteiger partial charge in [0, 0.05) is 18.4 Å². The molecule has 51 heavy (non-hydrogen) atoms. The molecule has 0 spiro atoms. The molecule has 1 fully saturated rings. The van der Waals surface area contributed by atoms with E-state index in [0.29, 0.717) is 48.0 Å². The third-order valence-electron chi connectivity index (χ3n) is 7.37. The number of aromatic nitrogens is 4. The van der Waals surface area contributed by atoms with Crippen LogP contribution in [-0.2, 0) is 20.6 Å². The summed E-state index contributed by atoms with van der Waals surface area (Å²) in [7, 11) is 0. The van der Waals surface area contributed by atoms with Gasteiger partial charge in [-0.25, -0.2) is 24.2 Å². The Labute approximate surface area is 290 Å². The van der Waals surface area contributed by atoms with Crippen molar-refractivity contribution in [3.8, 4) is 17.1 Å². The molecule has 0 bridgehead atoms. The van der Waals surface area contributed by atoms with Crippen LogP contribution in [0.25, 0.3) is 17.1 Å². The maximum absolute atomic E-state index is 13.4. The molecular weight excluding hydrogens is 677 g/mol. The minimum absolute atomic E-state index is 0.0998. The summed E-state index contributed by atoms with van der Waals surface area (Å²) in [6.07, 6.45) is 1.40. The van der Waals surface area contributed by atoms with E-state index in [2.05, 4.69) is 20.4 Å². The maximum Gasteiger partial charge on any atom is 0.416 e. The maximum atomic E-state index is 13.4. The third kappa shape index (κ3) is 10.4. The lowest BCUT2D eigenvalue weighted by Gasteiger charge is -2.27. The minimum atomic E-state index is -4.76. The molecule has 17 heteroatoms. The number of hydrogen-bond acceptors (Lipinski definition) is 10. The zero-order valence-electron chi connectivity index (χ0n) is 28.1. The minimum Gasteiger partial charge on any atom is -0.478 e. The van der Waals surface area contributed by atoms with E-state index >= 15 is 0 Å². The molecule has 0 unspecified atom stereocenters. The van der Waals surface area contributed by atoms with Gasteiger partial charge in [-0.15, -0.1) is 0 Å². The van der Waals surface area contributed by atoms with Crippen molar-refractivity contribution < 1.29 is 51.3 Å². The van der Waals surface area contributed by atoms with E-state index in [4.69, 9.17) is 18.6 Å². The number of aromatic carboxylic acids is 1. The van der Waals surface area contributed by atoms with Crippen molar-refractivity contribution in [1.29, 1.82) is 0 Å². The van der Waals surface area contributed by atoms with Crippen LogP contribution in [0, 0.1) is 0 Å². The first-order valence-electron chi connectivity index (χ1n) is 16.1. The normalized spacial score (nSPS) is 15.0. The van der Waals surface area contributed by atoms with Gasteiger partial charge in [-0.1, -0.05) is 0 Å². The summed E-state index contributed by atoms with van der Waals surface area (Å²) in [6.45, 7) is 3.96. The molecule has 14 nitrogen and oxygen atoms in total. The monoisotopic (exact) mass is 714 g/mol. The van der Waals surface area contributed by atoms with E-state index in [-0.39, 0.29) is 34.8 Å². The van der Waals surface area contributed by atoms with Crippen molar-refractivity contribution >= 4 is 29.5 Å². The number of halogens is 3. The average molecular weight is 715 g/mol. The Kier molecular flexibility index (Phi) is 11.4. The number of carboxylic acids is 1. The molecule has 2 N–H and O–H groups in total. The second kappa shape index (κ2) is 15.7. The van der Waals surface area contributed by atoms with Crippen LogP contribution in [0.3, 0.4) is 0 Å². The van der Waals surface area contributed by atoms with Gasteiger partial charge in [0.25, 0.3) is 5.91 Å². The number of nitrogens with zero attached hydrogens (tertiary/aromatic N) is 5. The van der Waals surface area contributed by atoms with Crippen molar-refractivity contribution in [2.45, 2.75) is 70.9 Å². The average Bonchev–Trinajstić information content (AvgIpc) is 3.73. The number of oxazole rings is 1. The Bertz CT molecular complexity index is 1830. The molecular formula is C34H37F3N6O8. The first-order chi connectivity index (χ1) is 24.1. The fraction of sp³-hybridized carbons (Fsp3) is 0.412. The Hall–Kier alpha value is -5.29. The summed E-state index contributed by atoms with van der Waals surface area (Å²) in [5.41, 5.74) is 0.461. The molecule has 0 aliphatic carbocycles. The SMILES string of the molecule is CC(C)(C)OC(=O)N(CC(F)(F)F)c1cc(-c2nc(C(=O)Nc3cn(-c4ccc(C(=O)O)cc4)nc3CCCO[C@H]3CCCCO3)co2)ccn1. The highest BCUT2D eigenvalue weighted by atomic mass is 19.4. The molecule has 0 saturated carbocycles. The second-order valence-corrected chi connectivity index (χ2v) is 12.6. The Morgan fingerprint density at radius 1 is 1.12 bits per heavy atom. The van der Waals surface area contributed by atoms with Gasteiger partial charge in [-0.3, -0.25) is 9.69 Å². The number of ether oxygens (including phenoxy) is 3. The number of aryl methyl sites for hydroxylation is 1. The fourth-order valence-electron chi connectivity index (χ4n) is 5.02. The number of carbonyl (C=O) groups is 3. The number of alkyl halides is 3. The lowest BCUT2D eigenvalue weighted by molar-refractivity contribution is -0.162. The summed E-state index contributed by atoms with van der Waals surface area (Å²) < 4.78 is 63.9. The van der Waals surface area contributed by atoms with Gasteiger partial charge in [0.05, 0.1) is 35.4 Å². The van der Waals surface area contributed by atoms with Crippen LogP contribution in [0.1, 0.15) is 73.0 Å². The Balaban J connectivity index is 1.34. The van der Waals surface area contributed by atoms with Crippen molar-refractivity contribution in [3.63, 3.8) is 0 Å². The molecule has 1 aliphatic rings. The molecule has 4 aromatic rings. The summed E-state index contributed by atoms with van der Waals surface area (Å²) in [5, 5.41) is 16.7. The molecule has 2 amide bonds. The number of amides is 2. The van der Waals surface area contributed by atoms with Gasteiger partial charge in [0.2, 0.25) is 5.89 Å². The number of rotatable bonds is 12. The zero-order valence-corrected chi connectivity index (χ0v) is 28.1. The van der Waals surface area contributed by atoms with Gasteiger partial charge in [-0.2, -0.15) is 18.3 Å². The lowest BCUT2D eigenvalue weighted by Crippen LogP contribution is -2.42. The molecule has 272 valence electrons. The van der Waals surface area contributed by atoms with E-state index in [1.807, 2.05) is 0 Å². The van der Waals surface area contributed by atoms with Crippen molar-refractivity contribution in [3.05, 3.63) is 72.0 Å². The smallest absolute Gasteiger partial charge is 0.416 e. The largest absolute Gasteiger partial charge is 0.478 e. The number of benzene rings is 1. The summed E-state index contributed by atoms with van der Waals surface area (Å²) in [6, 6.07) is 8.61. The standard InChI is InChI=1S/C34H37F3N6O8/c1-33(2,3)51-32(47)42(20-34(35,36)37)27-17-22(13-14-38-27)30-40-26(19-50-30)29(44)39-25-18-43(23-11-9-21(10-12-23)31(45)46)41-24(25)7-6-16-49-28-8-4-5-15-48-28/h9-14,17-19,28H,4-8,15-16,20H2,1-3H3,(H,39,44)(H,45,46)/t28-/m0/s1. The van der Waals surface area contributed by atoms with Crippen LogP contribution in [0.4, 0.5) is 29.5 Å². The molecule has 1 aromatic carbocycles. The quantitative estimate of drug-likeness (QED) is 0.151. The number of nitrogens with one attached hydrogen (secondary N) is 1. The predicted octanol–water partition coefficient (Wildman–Crippen LogP) is 6.65. The summed E-state index contributed by atoms with van der Waals surface area (Å²) in [5.74, 6) is -2.22. The first kappa shape index (κ1) is 37.0. The number of anilines is 2. The third-order valence-corrected chi connectivity index (χ3v) is 7.37. The Morgan fingerprint density at radius 3 is 2.55 bits per heavy atom. The van der Waals surface area contributed by atoms with Crippen LogP contribution in [-0.4, -0.2) is 80.7 Å². The van der Waals surface area contributed by atoms with Crippen molar-refractivity contribution in [2.24, 2.45) is 0 Å². The second-order valence-electron chi connectivity index (χ2n) is 12.6. The fourth-order valence-corrected chi connectivity index (χ4v) is 5.02. The number of hydrogen-bond donors (Lipinski definition) is 2. The van der Waals surface area contributed by atoms with Gasteiger partial charge in [-0.05, 0) is 89.3 Å². The van der Waals surface area contributed by atoms with Crippen LogP contribution in [0.15, 0.2) is 59.5 Å². The van der Waals surface area contributed by atoms with Crippen molar-refractivity contribution in [2.75, 3.05) is 30.0 Å². The summed E-state index contributed by atoms with van der Waals surface area (Å²) >= 11 is 0. The van der Waals surface area contributed by atoms with Crippen LogP contribution in [0.2, 0.25) is 0 Å². The van der Waals surface area contributed by atoms with Crippen LogP contribution >= 0.6 is 0 Å².